The second-order valence-electron chi connectivity index (χ2n) is 4.22. The molecule has 1 aromatic heterocycles. The summed E-state index contributed by atoms with van der Waals surface area (Å²) in [5.41, 5.74) is -0.0534. The summed E-state index contributed by atoms with van der Waals surface area (Å²) in [6.07, 6.45) is 6.91. The summed E-state index contributed by atoms with van der Waals surface area (Å²) in [7, 11) is 0. The number of nitrogens with one attached hydrogen (secondary N) is 1. The number of hydrogen-bond donors (Lipinski definition) is 1. The lowest BCUT2D eigenvalue weighted by Crippen LogP contribution is -2.25. The molecule has 0 amide bonds. The lowest BCUT2D eigenvalue weighted by atomic mass is 10.2. The van der Waals surface area contributed by atoms with Crippen LogP contribution in [0.5, 0.6) is 0 Å². The van der Waals surface area contributed by atoms with E-state index in [2.05, 4.69) is 10.3 Å². The van der Waals surface area contributed by atoms with Crippen LogP contribution in [0, 0.1) is 0 Å². The second-order valence-corrected chi connectivity index (χ2v) is 4.22. The molecule has 1 aromatic rings. The van der Waals surface area contributed by atoms with Crippen molar-refractivity contribution >= 4 is 5.82 Å². The van der Waals surface area contributed by atoms with Crippen molar-refractivity contribution < 1.29 is 4.74 Å². The van der Waals surface area contributed by atoms with E-state index in [9.17, 15) is 4.79 Å². The highest BCUT2D eigenvalue weighted by Crippen LogP contribution is 2.14. The summed E-state index contributed by atoms with van der Waals surface area (Å²) >= 11 is 0. The van der Waals surface area contributed by atoms with Gasteiger partial charge in [-0.2, -0.15) is 0 Å². The van der Waals surface area contributed by atoms with Crippen LogP contribution in [0.2, 0.25) is 0 Å². The molecular formula is C12H19N3O2. The van der Waals surface area contributed by atoms with Gasteiger partial charge < -0.3 is 14.6 Å². The maximum Gasteiger partial charge on any atom is 0.293 e. The minimum absolute atomic E-state index is 0.0534. The maximum absolute atomic E-state index is 11.8. The molecule has 0 spiro atoms. The molecule has 0 aromatic carbocycles. The molecule has 5 nitrogen and oxygen atoms in total. The predicted molar refractivity (Wildman–Crippen MR) is 66.3 cm³/mol. The highest BCUT2D eigenvalue weighted by atomic mass is 16.5. The number of hydrogen-bond acceptors (Lipinski definition) is 4. The van der Waals surface area contributed by atoms with Crippen LogP contribution < -0.4 is 10.9 Å². The minimum Gasteiger partial charge on any atom is -0.378 e. The van der Waals surface area contributed by atoms with Gasteiger partial charge in [0.15, 0.2) is 5.82 Å². The maximum atomic E-state index is 11.8. The second kappa shape index (κ2) is 5.82. The Hall–Kier alpha value is -1.36. The van der Waals surface area contributed by atoms with Gasteiger partial charge in [0.1, 0.15) is 0 Å². The fourth-order valence-corrected chi connectivity index (χ4v) is 2.04. The van der Waals surface area contributed by atoms with Crippen LogP contribution in [0.4, 0.5) is 5.82 Å². The Labute approximate surface area is 101 Å². The van der Waals surface area contributed by atoms with Crippen molar-refractivity contribution in [2.24, 2.45) is 0 Å². The Kier molecular flexibility index (Phi) is 4.14. The van der Waals surface area contributed by atoms with Crippen LogP contribution in [0.1, 0.15) is 26.2 Å². The highest BCUT2D eigenvalue weighted by molar-refractivity contribution is 5.30. The zero-order valence-corrected chi connectivity index (χ0v) is 10.2. The van der Waals surface area contributed by atoms with Gasteiger partial charge in [0.2, 0.25) is 0 Å². The topological polar surface area (TPSA) is 56.1 Å². The number of nitrogens with zero attached hydrogens (tertiary/aromatic N) is 2. The standard InChI is InChI=1S/C12H19N3O2/c1-2-15-8-7-14-11(12(15)16)13-6-5-10-4-3-9-17-10/h7-8,10H,2-6,9H2,1H3,(H,13,14). The molecule has 1 aliphatic heterocycles. The van der Waals surface area contributed by atoms with E-state index < -0.39 is 0 Å². The fourth-order valence-electron chi connectivity index (χ4n) is 2.04. The molecule has 1 aliphatic rings. The Morgan fingerprint density at radius 1 is 1.65 bits per heavy atom. The molecule has 5 heteroatoms. The van der Waals surface area contributed by atoms with Crippen LogP contribution in [-0.4, -0.2) is 28.8 Å². The molecule has 2 heterocycles. The van der Waals surface area contributed by atoms with Crippen LogP contribution in [0.15, 0.2) is 17.2 Å². The number of aromatic nitrogens is 2. The van der Waals surface area contributed by atoms with Gasteiger partial charge >= 0.3 is 0 Å². The molecule has 1 N–H and O–H groups in total. The Balaban J connectivity index is 1.88. The fraction of sp³-hybridized carbons (Fsp3) is 0.667. The third-order valence-corrected chi connectivity index (χ3v) is 3.04. The molecule has 1 fully saturated rings. The molecule has 0 aliphatic carbocycles. The zero-order chi connectivity index (χ0) is 12.1. The van der Waals surface area contributed by atoms with E-state index in [1.165, 1.54) is 0 Å². The van der Waals surface area contributed by atoms with Crippen molar-refractivity contribution in [1.82, 2.24) is 9.55 Å². The van der Waals surface area contributed by atoms with Crippen LogP contribution in [0.3, 0.4) is 0 Å². The molecule has 0 saturated carbocycles. The monoisotopic (exact) mass is 237 g/mol. The molecule has 0 bridgehead atoms. The summed E-state index contributed by atoms with van der Waals surface area (Å²) in [5, 5.41) is 3.09. The summed E-state index contributed by atoms with van der Waals surface area (Å²) in [5.74, 6) is 0.437. The third kappa shape index (κ3) is 3.06. The van der Waals surface area contributed by atoms with Gasteiger partial charge in [0.25, 0.3) is 5.56 Å². The SMILES string of the molecule is CCn1ccnc(NCCC2CCCO2)c1=O. The van der Waals surface area contributed by atoms with Crippen molar-refractivity contribution in [2.45, 2.75) is 38.8 Å². The number of anilines is 1. The normalized spacial score (nSPS) is 19.5. The van der Waals surface area contributed by atoms with Gasteiger partial charge in [-0.3, -0.25) is 4.79 Å². The Morgan fingerprint density at radius 2 is 2.53 bits per heavy atom. The van der Waals surface area contributed by atoms with Crippen molar-refractivity contribution in [3.05, 3.63) is 22.7 Å². The molecule has 1 unspecified atom stereocenters. The number of aryl methyl sites for hydroxylation is 1. The quantitative estimate of drug-likeness (QED) is 0.837. The number of ether oxygens (including phenoxy) is 1. The first-order valence-electron chi connectivity index (χ1n) is 6.22. The van der Waals surface area contributed by atoms with Gasteiger partial charge in [-0.05, 0) is 26.2 Å². The van der Waals surface area contributed by atoms with Crippen LogP contribution >= 0.6 is 0 Å². The summed E-state index contributed by atoms with van der Waals surface area (Å²) < 4.78 is 7.16. The van der Waals surface area contributed by atoms with Crippen LogP contribution in [-0.2, 0) is 11.3 Å². The molecular weight excluding hydrogens is 218 g/mol. The van der Waals surface area contributed by atoms with E-state index in [1.807, 2.05) is 6.92 Å². The summed E-state index contributed by atoms with van der Waals surface area (Å²) in [6, 6.07) is 0. The molecule has 1 saturated heterocycles. The number of rotatable bonds is 5. The van der Waals surface area contributed by atoms with Crippen molar-refractivity contribution in [3.63, 3.8) is 0 Å². The first-order chi connectivity index (χ1) is 8.31. The molecule has 2 rings (SSSR count). The smallest absolute Gasteiger partial charge is 0.293 e. The highest BCUT2D eigenvalue weighted by Gasteiger charge is 2.14. The third-order valence-electron chi connectivity index (χ3n) is 3.04. The van der Waals surface area contributed by atoms with Gasteiger partial charge in [-0.1, -0.05) is 0 Å². The van der Waals surface area contributed by atoms with Gasteiger partial charge in [0, 0.05) is 32.1 Å². The first kappa shape index (κ1) is 12.1. The predicted octanol–water partition coefficient (Wildman–Crippen LogP) is 1.24. The largest absolute Gasteiger partial charge is 0.378 e. The lowest BCUT2D eigenvalue weighted by molar-refractivity contribution is 0.107. The van der Waals surface area contributed by atoms with E-state index in [4.69, 9.17) is 4.74 Å². The molecule has 1 atom stereocenters. The first-order valence-corrected chi connectivity index (χ1v) is 6.22. The van der Waals surface area contributed by atoms with E-state index in [-0.39, 0.29) is 5.56 Å². The van der Waals surface area contributed by atoms with E-state index in [0.717, 1.165) is 32.4 Å². The molecule has 0 radical (unpaired) electrons. The van der Waals surface area contributed by atoms with Crippen molar-refractivity contribution in [3.8, 4) is 0 Å². The Morgan fingerprint density at radius 3 is 3.24 bits per heavy atom. The average Bonchev–Trinajstić information content (AvgIpc) is 2.84. The molecule has 17 heavy (non-hydrogen) atoms. The van der Waals surface area contributed by atoms with E-state index in [1.54, 1.807) is 17.0 Å². The molecule has 94 valence electrons. The lowest BCUT2D eigenvalue weighted by Gasteiger charge is -2.10. The average molecular weight is 237 g/mol. The minimum atomic E-state index is -0.0534. The van der Waals surface area contributed by atoms with Crippen molar-refractivity contribution in [1.29, 1.82) is 0 Å². The summed E-state index contributed by atoms with van der Waals surface area (Å²) in [6.45, 7) is 4.22. The van der Waals surface area contributed by atoms with E-state index in [0.29, 0.717) is 18.5 Å². The van der Waals surface area contributed by atoms with Gasteiger partial charge in [0.05, 0.1) is 6.10 Å². The van der Waals surface area contributed by atoms with Gasteiger partial charge in [-0.15, -0.1) is 0 Å². The van der Waals surface area contributed by atoms with E-state index >= 15 is 0 Å². The zero-order valence-electron chi connectivity index (χ0n) is 10.2. The summed E-state index contributed by atoms with van der Waals surface area (Å²) in [4.78, 5) is 15.9. The van der Waals surface area contributed by atoms with Crippen molar-refractivity contribution in [2.75, 3.05) is 18.5 Å². The Bertz CT molecular complexity index is 410. The van der Waals surface area contributed by atoms with Gasteiger partial charge in [-0.25, -0.2) is 4.98 Å². The van der Waals surface area contributed by atoms with Crippen LogP contribution in [0.25, 0.3) is 0 Å².